The summed E-state index contributed by atoms with van der Waals surface area (Å²) in [5, 5.41) is 18.0. The van der Waals surface area contributed by atoms with E-state index >= 15 is 0 Å². The Morgan fingerprint density at radius 2 is 2.19 bits per heavy atom. The summed E-state index contributed by atoms with van der Waals surface area (Å²) in [6, 6.07) is 7.10. The van der Waals surface area contributed by atoms with Gasteiger partial charge in [-0.25, -0.2) is 0 Å². The summed E-state index contributed by atoms with van der Waals surface area (Å²) in [5.41, 5.74) is 0.954. The Labute approximate surface area is 179 Å². The molecule has 0 aliphatic carbocycles. The Kier molecular flexibility index (Phi) is 6.78. The number of rotatable bonds is 8. The lowest BCUT2D eigenvalue weighted by Gasteiger charge is -2.19. The molecule has 0 bridgehead atoms. The lowest BCUT2D eigenvalue weighted by Crippen LogP contribution is -2.49. The predicted molar refractivity (Wildman–Crippen MR) is 113 cm³/mol. The fraction of sp³-hybridized carbons (Fsp3) is 0.364. The van der Waals surface area contributed by atoms with Crippen LogP contribution in [0.5, 0.6) is 5.75 Å². The highest BCUT2D eigenvalue weighted by molar-refractivity contribution is 6.01. The molecule has 3 rings (SSSR count). The summed E-state index contributed by atoms with van der Waals surface area (Å²) >= 11 is 0. The third-order valence-corrected chi connectivity index (χ3v) is 5.19. The van der Waals surface area contributed by atoms with Gasteiger partial charge in [0.15, 0.2) is 0 Å². The molecule has 0 radical (unpaired) electrons. The molecular formula is C22H23N5O4. The number of aromatic nitrogens is 1. The molecule has 9 heteroatoms. The largest absolute Gasteiger partial charge is 0.496 e. The average molecular weight is 421 g/mol. The monoisotopic (exact) mass is 421 g/mol. The number of ether oxygens (including phenoxy) is 1. The van der Waals surface area contributed by atoms with Crippen molar-refractivity contribution in [3.8, 4) is 24.2 Å². The average Bonchev–Trinajstić information content (AvgIpc) is 3.38. The minimum Gasteiger partial charge on any atom is -0.496 e. The van der Waals surface area contributed by atoms with Crippen LogP contribution in [0.2, 0.25) is 0 Å². The van der Waals surface area contributed by atoms with Gasteiger partial charge in [0.25, 0.3) is 5.91 Å². The zero-order valence-electron chi connectivity index (χ0n) is 17.0. The Bertz CT molecular complexity index is 1080. The standard InChI is InChI=1S/C22H23N5O4/c1-3-5-17(21(29)25-14(12-23)10-13-8-9-24-20(13)28)27-22(30)18-11-15-16(26-18)6-4-7-19(15)31-2/h1,4,6-7,11,13-14,17,26H,5,8-10H2,2H3,(H,24,28)(H,25,29)(H,27,30)/t13-,14?,17?/m0/s1. The number of H-pyrrole nitrogens is 1. The molecule has 2 unspecified atom stereocenters. The summed E-state index contributed by atoms with van der Waals surface area (Å²) in [5.74, 6) is 1.43. The molecule has 1 saturated heterocycles. The SMILES string of the molecule is C#CCC(NC(=O)c1cc2c(OC)cccc2[nH]1)C(=O)NC(C#N)C[C@@H]1CCNC1=O. The third-order valence-electron chi connectivity index (χ3n) is 5.19. The van der Waals surface area contributed by atoms with E-state index in [4.69, 9.17) is 11.2 Å². The molecule has 1 fully saturated rings. The van der Waals surface area contributed by atoms with E-state index in [1.165, 1.54) is 7.11 Å². The second-order valence-corrected chi connectivity index (χ2v) is 7.24. The van der Waals surface area contributed by atoms with E-state index in [-0.39, 0.29) is 30.4 Å². The van der Waals surface area contributed by atoms with E-state index < -0.39 is 23.9 Å². The highest BCUT2D eigenvalue weighted by atomic mass is 16.5. The molecule has 3 amide bonds. The van der Waals surface area contributed by atoms with E-state index in [0.717, 1.165) is 5.39 Å². The zero-order valence-corrected chi connectivity index (χ0v) is 17.0. The minimum atomic E-state index is -1.03. The van der Waals surface area contributed by atoms with Crippen molar-refractivity contribution in [3.05, 3.63) is 30.0 Å². The van der Waals surface area contributed by atoms with E-state index in [9.17, 15) is 19.6 Å². The van der Waals surface area contributed by atoms with Gasteiger partial charge in [0.1, 0.15) is 23.5 Å². The van der Waals surface area contributed by atoms with Crippen LogP contribution in [-0.2, 0) is 9.59 Å². The van der Waals surface area contributed by atoms with Crippen molar-refractivity contribution in [1.29, 1.82) is 5.26 Å². The summed E-state index contributed by atoms with van der Waals surface area (Å²) in [4.78, 5) is 40.2. The topological polar surface area (TPSA) is 136 Å². The molecule has 4 N–H and O–H groups in total. The number of nitrogens with zero attached hydrogens (tertiary/aromatic N) is 1. The Morgan fingerprint density at radius 1 is 1.39 bits per heavy atom. The highest BCUT2D eigenvalue weighted by Gasteiger charge is 2.30. The van der Waals surface area contributed by atoms with Crippen LogP contribution in [0.1, 0.15) is 29.8 Å². The summed E-state index contributed by atoms with van der Waals surface area (Å²) in [7, 11) is 1.54. The Hall–Kier alpha value is -3.98. The fourth-order valence-electron chi connectivity index (χ4n) is 3.56. The molecule has 3 atom stereocenters. The van der Waals surface area contributed by atoms with Crippen LogP contribution in [-0.4, -0.2) is 48.4 Å². The number of nitriles is 1. The van der Waals surface area contributed by atoms with Gasteiger partial charge in [0, 0.05) is 29.8 Å². The first-order valence-electron chi connectivity index (χ1n) is 9.84. The number of amides is 3. The molecule has 9 nitrogen and oxygen atoms in total. The van der Waals surface area contributed by atoms with Crippen molar-refractivity contribution < 1.29 is 19.1 Å². The fourth-order valence-corrected chi connectivity index (χ4v) is 3.56. The lowest BCUT2D eigenvalue weighted by molar-refractivity contribution is -0.125. The molecule has 1 aromatic heterocycles. The van der Waals surface area contributed by atoms with Crippen molar-refractivity contribution in [1.82, 2.24) is 20.9 Å². The molecule has 0 saturated carbocycles. The second-order valence-electron chi connectivity index (χ2n) is 7.24. The number of aromatic amines is 1. The van der Waals surface area contributed by atoms with E-state index in [2.05, 4.69) is 26.9 Å². The first-order valence-corrected chi connectivity index (χ1v) is 9.84. The molecule has 1 aromatic carbocycles. The number of carbonyl (C=O) groups is 3. The van der Waals surface area contributed by atoms with E-state index in [1.807, 2.05) is 6.07 Å². The van der Waals surface area contributed by atoms with Gasteiger partial charge < -0.3 is 25.7 Å². The van der Waals surface area contributed by atoms with Gasteiger partial charge in [0.2, 0.25) is 11.8 Å². The summed E-state index contributed by atoms with van der Waals surface area (Å²) in [6.45, 7) is 0.556. The summed E-state index contributed by atoms with van der Waals surface area (Å²) < 4.78 is 5.30. The third kappa shape index (κ3) is 4.96. The van der Waals surface area contributed by atoms with Crippen molar-refractivity contribution in [2.24, 2.45) is 5.92 Å². The molecule has 0 spiro atoms. The molecule has 1 aliphatic heterocycles. The highest BCUT2D eigenvalue weighted by Crippen LogP contribution is 2.26. The number of hydrogen-bond donors (Lipinski definition) is 4. The number of nitrogens with one attached hydrogen (secondary N) is 4. The van der Waals surface area contributed by atoms with Crippen LogP contribution < -0.4 is 20.7 Å². The Balaban J connectivity index is 1.69. The number of methoxy groups -OCH3 is 1. The molecule has 1 aliphatic rings. The van der Waals surface area contributed by atoms with Gasteiger partial charge in [-0.3, -0.25) is 14.4 Å². The van der Waals surface area contributed by atoms with Crippen molar-refractivity contribution in [2.75, 3.05) is 13.7 Å². The smallest absolute Gasteiger partial charge is 0.268 e. The predicted octanol–water partition coefficient (Wildman–Crippen LogP) is 0.833. The molecular weight excluding hydrogens is 398 g/mol. The van der Waals surface area contributed by atoms with Crippen LogP contribution in [0.15, 0.2) is 24.3 Å². The van der Waals surface area contributed by atoms with E-state index in [1.54, 1.807) is 24.3 Å². The number of carbonyl (C=O) groups excluding carboxylic acids is 3. The van der Waals surface area contributed by atoms with Gasteiger partial charge in [-0.2, -0.15) is 5.26 Å². The van der Waals surface area contributed by atoms with Crippen LogP contribution in [0, 0.1) is 29.6 Å². The van der Waals surface area contributed by atoms with Crippen molar-refractivity contribution in [2.45, 2.75) is 31.3 Å². The molecule has 2 heterocycles. The summed E-state index contributed by atoms with van der Waals surface area (Å²) in [6.07, 6.45) is 6.13. The van der Waals surface area contributed by atoms with Crippen LogP contribution >= 0.6 is 0 Å². The normalized spacial score (nSPS) is 17.1. The van der Waals surface area contributed by atoms with Gasteiger partial charge >= 0.3 is 0 Å². The zero-order chi connectivity index (χ0) is 22.4. The Morgan fingerprint density at radius 3 is 2.84 bits per heavy atom. The van der Waals surface area contributed by atoms with Gasteiger partial charge in [-0.15, -0.1) is 12.3 Å². The quantitative estimate of drug-likeness (QED) is 0.468. The first-order chi connectivity index (χ1) is 15.0. The number of hydrogen-bond acceptors (Lipinski definition) is 5. The van der Waals surface area contributed by atoms with Crippen LogP contribution in [0.25, 0.3) is 10.9 Å². The van der Waals surface area contributed by atoms with E-state index in [0.29, 0.717) is 24.2 Å². The maximum absolute atomic E-state index is 12.7. The first kappa shape index (κ1) is 21.7. The number of terminal acetylenes is 1. The van der Waals surface area contributed by atoms with Crippen molar-refractivity contribution in [3.63, 3.8) is 0 Å². The minimum absolute atomic E-state index is 0.0524. The van der Waals surface area contributed by atoms with Gasteiger partial charge in [-0.1, -0.05) is 6.07 Å². The molecule has 160 valence electrons. The molecule has 31 heavy (non-hydrogen) atoms. The number of benzene rings is 1. The molecule has 2 aromatic rings. The van der Waals surface area contributed by atoms with Crippen LogP contribution in [0.4, 0.5) is 0 Å². The van der Waals surface area contributed by atoms with Gasteiger partial charge in [0.05, 0.1) is 13.2 Å². The van der Waals surface area contributed by atoms with Crippen molar-refractivity contribution >= 4 is 28.6 Å². The van der Waals surface area contributed by atoms with Crippen LogP contribution in [0.3, 0.4) is 0 Å². The maximum atomic E-state index is 12.7. The van der Waals surface area contributed by atoms with Gasteiger partial charge in [-0.05, 0) is 31.0 Å². The number of fused-ring (bicyclic) bond motifs is 1. The second kappa shape index (κ2) is 9.68. The maximum Gasteiger partial charge on any atom is 0.268 e. The lowest BCUT2D eigenvalue weighted by atomic mass is 9.99.